The maximum atomic E-state index is 12.5. The third-order valence-corrected chi connectivity index (χ3v) is 4.76. The predicted molar refractivity (Wildman–Crippen MR) is 133 cm³/mol. The number of carbonyl (C=O) groups excluding carboxylic acids is 2. The van der Waals surface area contributed by atoms with Crippen LogP contribution in [0.5, 0.6) is 17.2 Å². The van der Waals surface area contributed by atoms with Gasteiger partial charge in [-0.2, -0.15) is 5.26 Å². The van der Waals surface area contributed by atoms with Gasteiger partial charge in [0.05, 0.1) is 6.61 Å². The minimum Gasteiger partial charge on any atom is -0.508 e. The number of phenolic OH excluding ortho intramolecular Hbond substituents is 1. The number of amides is 2. The highest BCUT2D eigenvalue weighted by Crippen LogP contribution is 2.29. The molecule has 8 nitrogen and oxygen atoms in total. The largest absolute Gasteiger partial charge is 0.508 e. The Bertz CT molecular complexity index is 1260. The third kappa shape index (κ3) is 7.37. The highest BCUT2D eigenvalue weighted by Gasteiger charge is 2.13. The summed E-state index contributed by atoms with van der Waals surface area (Å²) in [6.07, 6.45) is 1.42. The fourth-order valence-corrected chi connectivity index (χ4v) is 3.04. The molecule has 0 radical (unpaired) electrons. The van der Waals surface area contributed by atoms with Gasteiger partial charge >= 0.3 is 0 Å². The van der Waals surface area contributed by atoms with E-state index in [1.165, 1.54) is 30.3 Å². The number of nitrogens with zero attached hydrogens (tertiary/aromatic N) is 1. The van der Waals surface area contributed by atoms with E-state index >= 15 is 0 Å². The number of hydrogen-bond donors (Lipinski definition) is 3. The second-order valence-electron chi connectivity index (χ2n) is 7.51. The van der Waals surface area contributed by atoms with E-state index in [0.717, 1.165) is 5.56 Å². The van der Waals surface area contributed by atoms with Gasteiger partial charge in [0.2, 0.25) is 0 Å². The Hall–Kier alpha value is -4.77. The minimum atomic E-state index is -0.593. The van der Waals surface area contributed by atoms with Crippen molar-refractivity contribution in [2.75, 3.05) is 23.8 Å². The molecule has 0 fully saturated rings. The number of carbonyl (C=O) groups is 2. The van der Waals surface area contributed by atoms with Crippen LogP contribution < -0.4 is 20.1 Å². The predicted octanol–water partition coefficient (Wildman–Crippen LogP) is 4.66. The molecule has 0 aliphatic carbocycles. The van der Waals surface area contributed by atoms with Gasteiger partial charge in [-0.25, -0.2) is 0 Å². The number of hydrogen-bond acceptors (Lipinski definition) is 6. The van der Waals surface area contributed by atoms with Crippen LogP contribution in [0.3, 0.4) is 0 Å². The van der Waals surface area contributed by atoms with Crippen LogP contribution in [0.15, 0.2) is 72.3 Å². The quantitative estimate of drug-likeness (QED) is 0.237. The highest BCUT2D eigenvalue weighted by molar-refractivity contribution is 6.09. The normalized spacial score (nSPS) is 10.7. The van der Waals surface area contributed by atoms with E-state index in [1.54, 1.807) is 18.2 Å². The van der Waals surface area contributed by atoms with Crippen molar-refractivity contribution >= 4 is 29.3 Å². The van der Waals surface area contributed by atoms with E-state index in [2.05, 4.69) is 10.6 Å². The molecule has 3 rings (SSSR count). The number of ether oxygens (including phenoxy) is 2. The van der Waals surface area contributed by atoms with E-state index in [0.29, 0.717) is 35.0 Å². The Morgan fingerprint density at radius 2 is 1.60 bits per heavy atom. The monoisotopic (exact) mass is 471 g/mol. The molecule has 0 unspecified atom stereocenters. The van der Waals surface area contributed by atoms with E-state index in [1.807, 2.05) is 44.2 Å². The summed E-state index contributed by atoms with van der Waals surface area (Å²) in [5.74, 6) is -0.115. The lowest BCUT2D eigenvalue weighted by Crippen LogP contribution is -2.20. The Morgan fingerprint density at radius 1 is 0.943 bits per heavy atom. The van der Waals surface area contributed by atoms with Crippen LogP contribution >= 0.6 is 0 Å². The maximum absolute atomic E-state index is 12.5. The van der Waals surface area contributed by atoms with Crippen LogP contribution in [0.1, 0.15) is 18.1 Å². The van der Waals surface area contributed by atoms with Gasteiger partial charge in [0, 0.05) is 11.4 Å². The molecule has 3 aromatic rings. The zero-order valence-electron chi connectivity index (χ0n) is 19.4. The standard InChI is InChI=1S/C27H25N3O5/c1-3-34-25-15-19(14-20(16-28)27(33)30-22-9-11-23(31)12-10-22)6-13-24(25)35-17-26(32)29-21-7-4-18(2)5-8-21/h4-15,31H,3,17H2,1-2H3,(H,29,32)(H,30,33)/b20-14+. The molecular weight excluding hydrogens is 446 g/mol. The van der Waals surface area contributed by atoms with Crippen molar-refractivity contribution in [1.29, 1.82) is 5.26 Å². The summed E-state index contributed by atoms with van der Waals surface area (Å²) in [6.45, 7) is 3.90. The number of aromatic hydroxyl groups is 1. The summed E-state index contributed by atoms with van der Waals surface area (Å²) in [7, 11) is 0. The maximum Gasteiger partial charge on any atom is 0.266 e. The molecule has 0 atom stereocenters. The summed E-state index contributed by atoms with van der Waals surface area (Å²) in [5, 5.41) is 24.2. The van der Waals surface area contributed by atoms with Gasteiger partial charge in [0.25, 0.3) is 11.8 Å². The molecule has 0 saturated heterocycles. The molecule has 8 heteroatoms. The number of benzene rings is 3. The molecule has 0 spiro atoms. The number of nitriles is 1. The number of phenols is 1. The van der Waals surface area contributed by atoms with Gasteiger partial charge < -0.3 is 25.2 Å². The highest BCUT2D eigenvalue weighted by atomic mass is 16.5. The van der Waals surface area contributed by atoms with Crippen molar-refractivity contribution in [3.63, 3.8) is 0 Å². The van der Waals surface area contributed by atoms with E-state index in [-0.39, 0.29) is 23.8 Å². The Morgan fingerprint density at radius 3 is 2.26 bits per heavy atom. The summed E-state index contributed by atoms with van der Waals surface area (Å²) < 4.78 is 11.3. The lowest BCUT2D eigenvalue weighted by Gasteiger charge is -2.13. The summed E-state index contributed by atoms with van der Waals surface area (Å²) in [6, 6.07) is 20.1. The van der Waals surface area contributed by atoms with Crippen LogP contribution in [0.2, 0.25) is 0 Å². The van der Waals surface area contributed by atoms with Gasteiger partial charge in [-0.1, -0.05) is 23.8 Å². The van der Waals surface area contributed by atoms with Crippen molar-refractivity contribution in [1.82, 2.24) is 0 Å². The lowest BCUT2D eigenvalue weighted by molar-refractivity contribution is -0.118. The fourth-order valence-electron chi connectivity index (χ4n) is 3.04. The molecule has 178 valence electrons. The van der Waals surface area contributed by atoms with E-state index in [9.17, 15) is 20.0 Å². The van der Waals surface area contributed by atoms with Crippen molar-refractivity contribution in [2.45, 2.75) is 13.8 Å². The molecule has 0 bridgehead atoms. The molecule has 0 aromatic heterocycles. The van der Waals surface area contributed by atoms with Crippen LogP contribution in [0.4, 0.5) is 11.4 Å². The Kier molecular flexibility index (Phi) is 8.46. The zero-order chi connectivity index (χ0) is 25.2. The minimum absolute atomic E-state index is 0.0671. The van der Waals surface area contributed by atoms with Crippen molar-refractivity contribution < 1.29 is 24.2 Å². The smallest absolute Gasteiger partial charge is 0.266 e. The second kappa shape index (κ2) is 11.9. The topological polar surface area (TPSA) is 121 Å². The molecule has 0 saturated carbocycles. The van der Waals surface area contributed by atoms with Crippen LogP contribution in [-0.2, 0) is 9.59 Å². The van der Waals surface area contributed by atoms with Crippen molar-refractivity contribution in [3.05, 3.63) is 83.4 Å². The molecular formula is C27H25N3O5. The summed E-state index contributed by atoms with van der Waals surface area (Å²) in [4.78, 5) is 24.7. The van der Waals surface area contributed by atoms with Gasteiger partial charge in [0.15, 0.2) is 18.1 Å². The van der Waals surface area contributed by atoms with Gasteiger partial charge in [-0.05, 0) is 74.0 Å². The van der Waals surface area contributed by atoms with Crippen LogP contribution in [-0.4, -0.2) is 30.1 Å². The molecule has 2 amide bonds. The first-order valence-corrected chi connectivity index (χ1v) is 10.9. The van der Waals surface area contributed by atoms with Crippen LogP contribution in [0, 0.1) is 18.3 Å². The molecule has 3 N–H and O–H groups in total. The van der Waals surface area contributed by atoms with Crippen molar-refractivity contribution in [3.8, 4) is 23.3 Å². The second-order valence-corrected chi connectivity index (χ2v) is 7.51. The average Bonchev–Trinajstić information content (AvgIpc) is 2.85. The van der Waals surface area contributed by atoms with Crippen LogP contribution in [0.25, 0.3) is 6.08 Å². The molecule has 0 aliphatic rings. The SMILES string of the molecule is CCOc1cc(/C=C(\C#N)C(=O)Nc2ccc(O)cc2)ccc1OCC(=O)Nc1ccc(C)cc1. The summed E-state index contributed by atoms with van der Waals surface area (Å²) in [5.41, 5.74) is 2.63. The molecule has 3 aromatic carbocycles. The number of rotatable bonds is 9. The fraction of sp³-hybridized carbons (Fsp3) is 0.148. The number of nitrogens with one attached hydrogen (secondary N) is 2. The molecule has 0 aliphatic heterocycles. The van der Waals surface area contributed by atoms with E-state index < -0.39 is 5.91 Å². The van der Waals surface area contributed by atoms with E-state index in [4.69, 9.17) is 9.47 Å². The number of anilines is 2. The number of aryl methyl sites for hydroxylation is 1. The Labute approximate surface area is 203 Å². The molecule has 35 heavy (non-hydrogen) atoms. The first kappa shape index (κ1) is 24.9. The lowest BCUT2D eigenvalue weighted by atomic mass is 10.1. The first-order valence-electron chi connectivity index (χ1n) is 10.9. The van der Waals surface area contributed by atoms with Crippen molar-refractivity contribution in [2.24, 2.45) is 0 Å². The molecule has 0 heterocycles. The van der Waals surface area contributed by atoms with Gasteiger partial charge in [-0.3, -0.25) is 9.59 Å². The Balaban J connectivity index is 1.69. The van der Waals surface area contributed by atoms with Gasteiger partial charge in [-0.15, -0.1) is 0 Å². The average molecular weight is 472 g/mol. The third-order valence-electron chi connectivity index (χ3n) is 4.76. The summed E-state index contributed by atoms with van der Waals surface area (Å²) >= 11 is 0. The zero-order valence-corrected chi connectivity index (χ0v) is 19.4. The van der Waals surface area contributed by atoms with Gasteiger partial charge in [0.1, 0.15) is 17.4 Å². The first-order chi connectivity index (χ1) is 16.9.